The van der Waals surface area contributed by atoms with Gasteiger partial charge >= 0.3 is 5.97 Å². The zero-order chi connectivity index (χ0) is 19.9. The maximum absolute atomic E-state index is 11.9. The third kappa shape index (κ3) is 5.11. The Bertz CT molecular complexity index is 1000. The van der Waals surface area contributed by atoms with Gasteiger partial charge in [-0.05, 0) is 41.6 Å². The summed E-state index contributed by atoms with van der Waals surface area (Å²) in [5, 5.41) is 5.35. The lowest BCUT2D eigenvalue weighted by atomic mass is 10.2. The standard InChI is InChI=1S/C18H12N4O5S/c23-15(9-14-17(25)21-18(26)28-14)27-13-3-1-2-11(8-13)10-20-22-16(24)12-4-6-19-7-5-12/h1-10H,(H,22,24)(H,21,25,26). The Balaban J connectivity index is 1.60. The summed E-state index contributed by atoms with van der Waals surface area (Å²) in [5.74, 6) is -1.62. The second kappa shape index (κ2) is 8.73. The van der Waals surface area contributed by atoms with Crippen LogP contribution in [0.4, 0.5) is 4.79 Å². The van der Waals surface area contributed by atoms with E-state index in [9.17, 15) is 19.2 Å². The SMILES string of the molecule is O=C(C=C1SC(=O)NC1=O)Oc1cccc(C=NNC(=O)c2ccncc2)c1. The van der Waals surface area contributed by atoms with E-state index in [1.807, 2.05) is 5.32 Å². The smallest absolute Gasteiger partial charge is 0.337 e. The number of pyridine rings is 1. The maximum atomic E-state index is 11.9. The number of imide groups is 1. The Morgan fingerprint density at radius 2 is 1.96 bits per heavy atom. The monoisotopic (exact) mass is 396 g/mol. The molecule has 1 aromatic heterocycles. The van der Waals surface area contributed by atoms with Crippen molar-refractivity contribution in [3.63, 3.8) is 0 Å². The van der Waals surface area contributed by atoms with E-state index in [1.165, 1.54) is 30.7 Å². The number of rotatable bonds is 5. The lowest BCUT2D eigenvalue weighted by molar-refractivity contribution is -0.129. The van der Waals surface area contributed by atoms with Gasteiger partial charge in [-0.15, -0.1) is 0 Å². The quantitative estimate of drug-likeness (QED) is 0.258. The van der Waals surface area contributed by atoms with Crippen LogP contribution in [0.15, 0.2) is 64.9 Å². The fraction of sp³-hybridized carbons (Fsp3) is 0. The molecule has 0 atom stereocenters. The van der Waals surface area contributed by atoms with E-state index in [2.05, 4.69) is 15.5 Å². The lowest BCUT2D eigenvalue weighted by Gasteiger charge is -2.03. The minimum Gasteiger partial charge on any atom is -0.423 e. The van der Waals surface area contributed by atoms with Gasteiger partial charge in [-0.1, -0.05) is 12.1 Å². The van der Waals surface area contributed by atoms with Crippen molar-refractivity contribution in [1.29, 1.82) is 0 Å². The minimum atomic E-state index is -0.799. The highest BCUT2D eigenvalue weighted by Gasteiger charge is 2.26. The first-order valence-electron chi connectivity index (χ1n) is 7.81. The average molecular weight is 396 g/mol. The van der Waals surface area contributed by atoms with E-state index >= 15 is 0 Å². The Labute approximate surface area is 162 Å². The number of benzene rings is 1. The van der Waals surface area contributed by atoms with Gasteiger partial charge in [-0.25, -0.2) is 10.2 Å². The van der Waals surface area contributed by atoms with Gasteiger partial charge in [0.15, 0.2) is 0 Å². The number of hydrazone groups is 1. The average Bonchev–Trinajstić information content (AvgIpc) is 2.99. The fourth-order valence-electron chi connectivity index (χ4n) is 2.07. The summed E-state index contributed by atoms with van der Waals surface area (Å²) in [6.45, 7) is 0. The van der Waals surface area contributed by atoms with Crippen LogP contribution >= 0.6 is 11.8 Å². The van der Waals surface area contributed by atoms with E-state index in [1.54, 1.807) is 24.3 Å². The number of carbonyl (C=O) groups is 4. The van der Waals surface area contributed by atoms with Crippen molar-refractivity contribution in [2.75, 3.05) is 0 Å². The van der Waals surface area contributed by atoms with Gasteiger partial charge in [0, 0.05) is 24.0 Å². The van der Waals surface area contributed by atoms with Crippen molar-refractivity contribution in [1.82, 2.24) is 15.7 Å². The van der Waals surface area contributed by atoms with Gasteiger partial charge in [-0.3, -0.25) is 24.7 Å². The minimum absolute atomic E-state index is 0.0356. The molecule has 1 fully saturated rings. The Kier molecular flexibility index (Phi) is 5.92. The zero-order valence-electron chi connectivity index (χ0n) is 14.1. The molecule has 1 saturated heterocycles. The molecular weight excluding hydrogens is 384 g/mol. The fourth-order valence-corrected chi connectivity index (χ4v) is 2.71. The van der Waals surface area contributed by atoms with Crippen molar-refractivity contribution in [2.45, 2.75) is 0 Å². The number of aromatic nitrogens is 1. The molecule has 2 aromatic rings. The molecule has 0 aliphatic carbocycles. The molecule has 0 saturated carbocycles. The van der Waals surface area contributed by atoms with Crippen molar-refractivity contribution >= 4 is 41.0 Å². The molecule has 2 heterocycles. The van der Waals surface area contributed by atoms with Gasteiger partial charge in [0.05, 0.1) is 11.1 Å². The summed E-state index contributed by atoms with van der Waals surface area (Å²) in [7, 11) is 0. The summed E-state index contributed by atoms with van der Waals surface area (Å²) in [5.41, 5.74) is 3.35. The summed E-state index contributed by atoms with van der Waals surface area (Å²) >= 11 is 0.623. The van der Waals surface area contributed by atoms with E-state index in [4.69, 9.17) is 4.74 Å². The number of hydrogen-bond acceptors (Lipinski definition) is 8. The molecule has 140 valence electrons. The van der Waals surface area contributed by atoms with Crippen LogP contribution in [0.5, 0.6) is 5.75 Å². The molecule has 2 N–H and O–H groups in total. The molecule has 1 aliphatic rings. The normalized spacial score (nSPS) is 14.9. The number of nitrogens with zero attached hydrogens (tertiary/aromatic N) is 2. The number of ether oxygens (including phenoxy) is 1. The Hall–Kier alpha value is -3.79. The maximum Gasteiger partial charge on any atom is 0.337 e. The Morgan fingerprint density at radius 1 is 1.18 bits per heavy atom. The molecule has 9 nitrogen and oxygen atoms in total. The van der Waals surface area contributed by atoms with E-state index in [0.29, 0.717) is 22.9 Å². The second-order valence-corrected chi connectivity index (χ2v) is 6.30. The van der Waals surface area contributed by atoms with Crippen LogP contribution < -0.4 is 15.5 Å². The van der Waals surface area contributed by atoms with Crippen LogP contribution in [-0.2, 0) is 9.59 Å². The van der Waals surface area contributed by atoms with Crippen LogP contribution in [0.25, 0.3) is 0 Å². The van der Waals surface area contributed by atoms with Crippen LogP contribution in [0.1, 0.15) is 15.9 Å². The molecule has 0 unspecified atom stereocenters. The molecule has 0 spiro atoms. The number of hydrogen-bond donors (Lipinski definition) is 2. The number of nitrogens with one attached hydrogen (secondary N) is 2. The topological polar surface area (TPSA) is 127 Å². The Morgan fingerprint density at radius 3 is 2.68 bits per heavy atom. The first-order valence-corrected chi connectivity index (χ1v) is 8.63. The van der Waals surface area contributed by atoms with Crippen molar-refractivity contribution in [3.8, 4) is 5.75 Å². The van der Waals surface area contributed by atoms with Crippen molar-refractivity contribution in [3.05, 3.63) is 70.9 Å². The number of thioether (sulfide) groups is 1. The van der Waals surface area contributed by atoms with E-state index < -0.39 is 23.0 Å². The molecule has 3 rings (SSSR count). The first kappa shape index (κ1) is 19.0. The summed E-state index contributed by atoms with van der Waals surface area (Å²) in [6, 6.07) is 9.48. The van der Waals surface area contributed by atoms with Gasteiger partial charge in [0.25, 0.3) is 17.1 Å². The van der Waals surface area contributed by atoms with Crippen LogP contribution in [0, 0.1) is 0 Å². The lowest BCUT2D eigenvalue weighted by Crippen LogP contribution is -2.18. The predicted molar refractivity (Wildman–Crippen MR) is 101 cm³/mol. The first-order chi connectivity index (χ1) is 13.5. The summed E-state index contributed by atoms with van der Waals surface area (Å²) in [6.07, 6.45) is 5.32. The number of carbonyl (C=O) groups excluding carboxylic acids is 4. The molecular formula is C18H12N4O5S. The second-order valence-electron chi connectivity index (χ2n) is 5.28. The van der Waals surface area contributed by atoms with Gasteiger partial charge in [-0.2, -0.15) is 5.10 Å². The van der Waals surface area contributed by atoms with E-state index in [-0.39, 0.29) is 10.7 Å². The van der Waals surface area contributed by atoms with Gasteiger partial charge in [0.1, 0.15) is 5.75 Å². The highest BCUT2D eigenvalue weighted by atomic mass is 32.2. The van der Waals surface area contributed by atoms with E-state index in [0.717, 1.165) is 6.08 Å². The van der Waals surface area contributed by atoms with Crippen molar-refractivity contribution in [2.24, 2.45) is 5.10 Å². The number of esters is 1. The molecule has 1 aliphatic heterocycles. The van der Waals surface area contributed by atoms with Crippen LogP contribution in [0.3, 0.4) is 0 Å². The van der Waals surface area contributed by atoms with Gasteiger partial charge < -0.3 is 4.74 Å². The third-order valence-electron chi connectivity index (χ3n) is 3.29. The molecule has 1 aromatic carbocycles. The van der Waals surface area contributed by atoms with Crippen LogP contribution in [-0.4, -0.2) is 34.2 Å². The third-order valence-corrected chi connectivity index (χ3v) is 4.10. The molecule has 10 heteroatoms. The zero-order valence-corrected chi connectivity index (χ0v) is 14.9. The summed E-state index contributed by atoms with van der Waals surface area (Å²) < 4.78 is 5.12. The predicted octanol–water partition coefficient (Wildman–Crippen LogP) is 1.62. The highest BCUT2D eigenvalue weighted by Crippen LogP contribution is 2.23. The van der Waals surface area contributed by atoms with Gasteiger partial charge in [0.2, 0.25) is 0 Å². The number of amides is 3. The highest BCUT2D eigenvalue weighted by molar-refractivity contribution is 8.18. The summed E-state index contributed by atoms with van der Waals surface area (Å²) in [4.78, 5) is 50.1. The molecule has 0 radical (unpaired) electrons. The molecule has 0 bridgehead atoms. The molecule has 28 heavy (non-hydrogen) atoms. The van der Waals surface area contributed by atoms with Crippen molar-refractivity contribution < 1.29 is 23.9 Å². The largest absolute Gasteiger partial charge is 0.423 e. The molecule has 3 amide bonds. The van der Waals surface area contributed by atoms with Crippen LogP contribution in [0.2, 0.25) is 0 Å².